The van der Waals surface area contributed by atoms with Crippen molar-refractivity contribution in [3.05, 3.63) is 34.3 Å². The average molecular weight is 391 g/mol. The molecule has 0 spiro atoms. The molecule has 1 aromatic carbocycles. The van der Waals surface area contributed by atoms with Gasteiger partial charge in [-0.1, -0.05) is 22.4 Å². The van der Waals surface area contributed by atoms with E-state index in [1.807, 2.05) is 24.3 Å². The van der Waals surface area contributed by atoms with Crippen molar-refractivity contribution in [2.45, 2.75) is 57.0 Å². The summed E-state index contributed by atoms with van der Waals surface area (Å²) in [5.41, 5.74) is 0.838. The molecule has 1 aromatic rings. The SMILES string of the molecule is O=C(c1ccc(Br)cc1)N1CCCC2CCCC(N3CCCC3)C21. The van der Waals surface area contributed by atoms with Gasteiger partial charge in [-0.15, -0.1) is 0 Å². The van der Waals surface area contributed by atoms with Gasteiger partial charge in [-0.25, -0.2) is 0 Å². The Morgan fingerprint density at radius 3 is 2.38 bits per heavy atom. The van der Waals surface area contributed by atoms with E-state index < -0.39 is 0 Å². The molecular weight excluding hydrogens is 364 g/mol. The summed E-state index contributed by atoms with van der Waals surface area (Å²) in [6.07, 6.45) is 9.03. The number of piperidine rings is 1. The molecule has 2 saturated heterocycles. The number of hydrogen-bond acceptors (Lipinski definition) is 2. The van der Waals surface area contributed by atoms with Crippen LogP contribution in [0.4, 0.5) is 0 Å². The molecule has 3 atom stereocenters. The lowest BCUT2D eigenvalue weighted by molar-refractivity contribution is 0.000238. The largest absolute Gasteiger partial charge is 0.334 e. The molecule has 1 saturated carbocycles. The molecule has 0 radical (unpaired) electrons. The van der Waals surface area contributed by atoms with Crippen LogP contribution in [0.15, 0.2) is 28.7 Å². The highest BCUT2D eigenvalue weighted by Crippen LogP contribution is 2.39. The summed E-state index contributed by atoms with van der Waals surface area (Å²) in [6, 6.07) is 8.90. The number of rotatable bonds is 2. The quantitative estimate of drug-likeness (QED) is 0.750. The van der Waals surface area contributed by atoms with Crippen LogP contribution in [-0.2, 0) is 0 Å². The maximum atomic E-state index is 13.2. The van der Waals surface area contributed by atoms with E-state index in [0.29, 0.717) is 18.0 Å². The zero-order chi connectivity index (χ0) is 16.5. The van der Waals surface area contributed by atoms with E-state index in [-0.39, 0.29) is 5.91 Å². The Labute approximate surface area is 153 Å². The second kappa shape index (κ2) is 7.17. The van der Waals surface area contributed by atoms with Crippen molar-refractivity contribution in [1.29, 1.82) is 0 Å². The highest BCUT2D eigenvalue weighted by molar-refractivity contribution is 9.10. The van der Waals surface area contributed by atoms with Gasteiger partial charge in [0.05, 0.1) is 6.04 Å². The lowest BCUT2D eigenvalue weighted by atomic mass is 9.74. The third-order valence-corrected chi connectivity index (χ3v) is 6.78. The highest BCUT2D eigenvalue weighted by Gasteiger charge is 2.44. The lowest BCUT2D eigenvalue weighted by Gasteiger charge is -2.50. The van der Waals surface area contributed by atoms with E-state index in [0.717, 1.165) is 23.0 Å². The van der Waals surface area contributed by atoms with Crippen LogP contribution >= 0.6 is 15.9 Å². The fraction of sp³-hybridized carbons (Fsp3) is 0.650. The second-order valence-electron chi connectivity index (χ2n) is 7.64. The first kappa shape index (κ1) is 16.6. The minimum Gasteiger partial charge on any atom is -0.334 e. The third kappa shape index (κ3) is 3.15. The fourth-order valence-corrected chi connectivity index (χ4v) is 5.43. The number of carbonyl (C=O) groups excluding carboxylic acids is 1. The molecule has 24 heavy (non-hydrogen) atoms. The first-order valence-electron chi connectivity index (χ1n) is 9.54. The number of fused-ring (bicyclic) bond motifs is 1. The standard InChI is InChI=1S/C20H27BrN2O/c21-17-10-8-16(9-11-17)20(24)23-14-4-6-15-5-3-7-18(19(15)23)22-12-1-2-13-22/h8-11,15,18-19H,1-7,12-14H2. The molecule has 1 aliphatic carbocycles. The number of benzene rings is 1. The maximum absolute atomic E-state index is 13.2. The summed E-state index contributed by atoms with van der Waals surface area (Å²) >= 11 is 3.47. The first-order chi connectivity index (χ1) is 11.7. The third-order valence-electron chi connectivity index (χ3n) is 6.25. The van der Waals surface area contributed by atoms with Crippen LogP contribution in [0.3, 0.4) is 0 Å². The minimum absolute atomic E-state index is 0.239. The number of nitrogens with zero attached hydrogens (tertiary/aromatic N) is 2. The molecule has 0 aromatic heterocycles. The van der Waals surface area contributed by atoms with Crippen molar-refractivity contribution in [2.75, 3.05) is 19.6 Å². The van der Waals surface area contributed by atoms with Gasteiger partial charge in [0.25, 0.3) is 5.91 Å². The van der Waals surface area contributed by atoms with Crippen LogP contribution in [0.25, 0.3) is 0 Å². The van der Waals surface area contributed by atoms with Gasteiger partial charge in [-0.3, -0.25) is 9.69 Å². The van der Waals surface area contributed by atoms with Crippen LogP contribution in [0.5, 0.6) is 0 Å². The molecule has 3 unspecified atom stereocenters. The molecule has 4 rings (SSSR count). The van der Waals surface area contributed by atoms with Crippen molar-refractivity contribution >= 4 is 21.8 Å². The Bertz CT molecular complexity index is 580. The summed E-state index contributed by atoms with van der Waals surface area (Å²) in [5, 5.41) is 0. The minimum atomic E-state index is 0.239. The second-order valence-corrected chi connectivity index (χ2v) is 8.56. The molecule has 130 valence electrons. The Balaban J connectivity index is 1.60. The van der Waals surface area contributed by atoms with E-state index in [1.54, 1.807) is 0 Å². The van der Waals surface area contributed by atoms with E-state index in [4.69, 9.17) is 0 Å². The molecule has 2 heterocycles. The zero-order valence-corrected chi connectivity index (χ0v) is 15.9. The number of halogens is 1. The summed E-state index contributed by atoms with van der Waals surface area (Å²) in [5.74, 6) is 0.945. The maximum Gasteiger partial charge on any atom is 0.254 e. The van der Waals surface area contributed by atoms with Crippen LogP contribution in [0.1, 0.15) is 55.3 Å². The highest BCUT2D eigenvalue weighted by atomic mass is 79.9. The van der Waals surface area contributed by atoms with E-state index in [9.17, 15) is 4.79 Å². The normalized spacial score (nSPS) is 31.0. The molecule has 0 N–H and O–H groups in total. The van der Waals surface area contributed by atoms with Crippen LogP contribution in [0.2, 0.25) is 0 Å². The summed E-state index contributed by atoms with van der Waals surface area (Å²) < 4.78 is 1.03. The molecule has 1 amide bonds. The van der Waals surface area contributed by atoms with Crippen LogP contribution in [-0.4, -0.2) is 47.4 Å². The van der Waals surface area contributed by atoms with Gasteiger partial charge < -0.3 is 4.90 Å². The Hall–Kier alpha value is -0.870. The van der Waals surface area contributed by atoms with Gasteiger partial charge in [0.1, 0.15) is 0 Å². The molecular formula is C20H27BrN2O. The molecule has 0 bridgehead atoms. The lowest BCUT2D eigenvalue weighted by Crippen LogP contribution is -2.60. The predicted molar refractivity (Wildman–Crippen MR) is 100 cm³/mol. The topological polar surface area (TPSA) is 23.6 Å². The molecule has 3 nitrogen and oxygen atoms in total. The number of hydrogen-bond donors (Lipinski definition) is 0. The van der Waals surface area contributed by atoms with E-state index >= 15 is 0 Å². The molecule has 3 fully saturated rings. The number of carbonyl (C=O) groups is 1. The van der Waals surface area contributed by atoms with Gasteiger partial charge in [0.15, 0.2) is 0 Å². The van der Waals surface area contributed by atoms with Crippen molar-refractivity contribution in [1.82, 2.24) is 9.80 Å². The Morgan fingerprint density at radius 2 is 1.62 bits per heavy atom. The average Bonchev–Trinajstić information content (AvgIpc) is 3.15. The van der Waals surface area contributed by atoms with E-state index in [1.165, 1.54) is 51.6 Å². The van der Waals surface area contributed by atoms with Crippen LogP contribution in [0, 0.1) is 5.92 Å². The van der Waals surface area contributed by atoms with E-state index in [2.05, 4.69) is 25.7 Å². The van der Waals surface area contributed by atoms with Gasteiger partial charge in [0.2, 0.25) is 0 Å². The zero-order valence-electron chi connectivity index (χ0n) is 14.3. The monoisotopic (exact) mass is 390 g/mol. The summed E-state index contributed by atoms with van der Waals surface area (Å²) in [6.45, 7) is 3.39. The smallest absolute Gasteiger partial charge is 0.254 e. The van der Waals surface area contributed by atoms with Crippen LogP contribution < -0.4 is 0 Å². The van der Waals surface area contributed by atoms with Crippen molar-refractivity contribution in [2.24, 2.45) is 5.92 Å². The van der Waals surface area contributed by atoms with Gasteiger partial charge >= 0.3 is 0 Å². The molecule has 3 aliphatic rings. The summed E-state index contributed by atoms with van der Waals surface area (Å²) in [7, 11) is 0. The fourth-order valence-electron chi connectivity index (χ4n) is 5.16. The van der Waals surface area contributed by atoms with Gasteiger partial charge in [0, 0.05) is 22.6 Å². The Kier molecular flexibility index (Phi) is 4.95. The van der Waals surface area contributed by atoms with Gasteiger partial charge in [-0.05, 0) is 81.8 Å². The summed E-state index contributed by atoms with van der Waals surface area (Å²) in [4.78, 5) is 18.1. The Morgan fingerprint density at radius 1 is 0.917 bits per heavy atom. The predicted octanol–water partition coefficient (Wildman–Crippen LogP) is 4.32. The van der Waals surface area contributed by atoms with Crippen molar-refractivity contribution in [3.63, 3.8) is 0 Å². The number of likely N-dealkylation sites (tertiary alicyclic amines) is 2. The number of amides is 1. The molecule has 4 heteroatoms. The van der Waals surface area contributed by atoms with Crippen molar-refractivity contribution in [3.8, 4) is 0 Å². The first-order valence-corrected chi connectivity index (χ1v) is 10.3. The van der Waals surface area contributed by atoms with Gasteiger partial charge in [-0.2, -0.15) is 0 Å². The van der Waals surface area contributed by atoms with Crippen molar-refractivity contribution < 1.29 is 4.79 Å². The molecule has 2 aliphatic heterocycles.